The maximum atomic E-state index is 11.8. The number of anilines is 1. The van der Waals surface area contributed by atoms with Gasteiger partial charge in [-0.1, -0.05) is 13.3 Å². The third-order valence-electron chi connectivity index (χ3n) is 2.27. The Balaban J connectivity index is 2.70. The van der Waals surface area contributed by atoms with Crippen molar-refractivity contribution in [2.45, 2.75) is 32.2 Å². The van der Waals surface area contributed by atoms with Crippen molar-refractivity contribution in [3.8, 4) is 0 Å². The predicted molar refractivity (Wildman–Crippen MR) is 66.8 cm³/mol. The van der Waals surface area contributed by atoms with E-state index in [0.717, 1.165) is 17.8 Å². The molecule has 94 valence electrons. The first-order valence-corrected chi connectivity index (χ1v) is 6.10. The molecule has 0 aromatic carbocycles. The minimum absolute atomic E-state index is 0.138. The second-order valence-corrected chi connectivity index (χ2v) is 4.88. The molecule has 6 nitrogen and oxygen atoms in total. The Morgan fingerprint density at radius 1 is 1.59 bits per heavy atom. The Morgan fingerprint density at radius 3 is 2.71 bits per heavy atom. The molecule has 0 spiro atoms. The van der Waals surface area contributed by atoms with E-state index >= 15 is 0 Å². The van der Waals surface area contributed by atoms with Gasteiger partial charge in [-0.15, -0.1) is 11.3 Å². The monoisotopic (exact) mass is 256 g/mol. The van der Waals surface area contributed by atoms with E-state index in [9.17, 15) is 9.59 Å². The number of aromatic nitrogens is 1. The molecule has 0 fully saturated rings. The molecule has 1 aromatic rings. The van der Waals surface area contributed by atoms with E-state index in [2.05, 4.69) is 10.3 Å². The number of amides is 2. The van der Waals surface area contributed by atoms with Crippen LogP contribution in [0, 0.1) is 0 Å². The largest absolute Gasteiger partial charge is 0.364 e. The highest BCUT2D eigenvalue weighted by molar-refractivity contribution is 7.14. The van der Waals surface area contributed by atoms with Gasteiger partial charge in [-0.25, -0.2) is 4.98 Å². The average Bonchev–Trinajstić information content (AvgIpc) is 2.66. The van der Waals surface area contributed by atoms with Crippen LogP contribution in [-0.2, 0) is 4.79 Å². The molecule has 0 saturated carbocycles. The Kier molecular flexibility index (Phi) is 4.19. The molecule has 5 N–H and O–H groups in total. The second kappa shape index (κ2) is 5.24. The smallest absolute Gasteiger partial charge is 0.268 e. The molecule has 0 bridgehead atoms. The predicted octanol–water partition coefficient (Wildman–Crippen LogP) is 0.698. The number of thiazole rings is 1. The highest BCUT2D eigenvalue weighted by atomic mass is 32.1. The molecule has 1 unspecified atom stereocenters. The summed E-state index contributed by atoms with van der Waals surface area (Å²) in [6.07, 6.45) is 1.39. The zero-order chi connectivity index (χ0) is 13.1. The quantitative estimate of drug-likeness (QED) is 0.719. The van der Waals surface area contributed by atoms with Crippen LogP contribution in [0.15, 0.2) is 5.38 Å². The number of rotatable bonds is 5. The molecule has 7 heteroatoms. The number of nitrogens with one attached hydrogen (secondary N) is 1. The number of nitrogens with two attached hydrogens (primary N) is 2. The fraction of sp³-hybridized carbons (Fsp3) is 0.500. The molecule has 1 atom stereocenters. The molecule has 1 rings (SSSR count). The lowest BCUT2D eigenvalue weighted by atomic mass is 9.97. The van der Waals surface area contributed by atoms with E-state index in [0.29, 0.717) is 11.6 Å². The number of nitrogens with zero attached hydrogens (tertiary/aromatic N) is 1. The van der Waals surface area contributed by atoms with Gasteiger partial charge in [0.05, 0.1) is 5.54 Å². The van der Waals surface area contributed by atoms with Crippen LogP contribution in [-0.4, -0.2) is 22.3 Å². The molecule has 0 aliphatic heterocycles. The van der Waals surface area contributed by atoms with Gasteiger partial charge in [0.25, 0.3) is 5.91 Å². The van der Waals surface area contributed by atoms with E-state index in [1.807, 2.05) is 6.92 Å². The number of carbonyl (C=O) groups excluding carboxylic acids is 2. The van der Waals surface area contributed by atoms with E-state index in [1.165, 1.54) is 5.38 Å². The molecule has 0 radical (unpaired) electrons. The fourth-order valence-corrected chi connectivity index (χ4v) is 2.01. The second-order valence-electron chi connectivity index (χ2n) is 4.02. The summed E-state index contributed by atoms with van der Waals surface area (Å²) < 4.78 is 0. The summed E-state index contributed by atoms with van der Waals surface area (Å²) in [5.74, 6) is -0.935. The molecular weight excluding hydrogens is 240 g/mol. The molecule has 1 heterocycles. The summed E-state index contributed by atoms with van der Waals surface area (Å²) in [6, 6.07) is 0. The van der Waals surface area contributed by atoms with Crippen LogP contribution in [0.5, 0.6) is 0 Å². The normalized spacial score (nSPS) is 14.1. The van der Waals surface area contributed by atoms with Gasteiger partial charge in [0, 0.05) is 5.38 Å². The van der Waals surface area contributed by atoms with E-state index < -0.39 is 11.4 Å². The Hall–Kier alpha value is -1.47. The van der Waals surface area contributed by atoms with E-state index in [-0.39, 0.29) is 11.6 Å². The van der Waals surface area contributed by atoms with Crippen LogP contribution >= 0.6 is 11.3 Å². The highest BCUT2D eigenvalue weighted by Gasteiger charge is 2.27. The summed E-state index contributed by atoms with van der Waals surface area (Å²) >= 11 is 1.14. The third kappa shape index (κ3) is 3.50. The summed E-state index contributed by atoms with van der Waals surface area (Å²) in [6.45, 7) is 3.61. The van der Waals surface area contributed by atoms with Crippen molar-refractivity contribution in [1.82, 2.24) is 4.98 Å². The first-order valence-electron chi connectivity index (χ1n) is 5.22. The molecule has 0 saturated heterocycles. The van der Waals surface area contributed by atoms with Gasteiger partial charge in [0.2, 0.25) is 5.91 Å². The SMILES string of the molecule is CCCC(C)(N)C(=O)Nc1nc(C(N)=O)cs1. The molecule has 17 heavy (non-hydrogen) atoms. The number of hydrogen-bond acceptors (Lipinski definition) is 5. The van der Waals surface area contributed by atoms with Crippen molar-refractivity contribution in [2.24, 2.45) is 11.5 Å². The van der Waals surface area contributed by atoms with Crippen LogP contribution in [0.2, 0.25) is 0 Å². The Labute approximate surface area is 103 Å². The summed E-state index contributed by atoms with van der Waals surface area (Å²) in [5.41, 5.74) is 10.1. The molecule has 2 amide bonds. The minimum Gasteiger partial charge on any atom is -0.364 e. The van der Waals surface area contributed by atoms with Crippen molar-refractivity contribution in [3.05, 3.63) is 11.1 Å². The average molecular weight is 256 g/mol. The van der Waals surface area contributed by atoms with Crippen LogP contribution < -0.4 is 16.8 Å². The fourth-order valence-electron chi connectivity index (χ4n) is 1.32. The van der Waals surface area contributed by atoms with E-state index in [1.54, 1.807) is 6.92 Å². The van der Waals surface area contributed by atoms with Crippen molar-refractivity contribution >= 4 is 28.3 Å². The molecule has 0 aliphatic rings. The maximum absolute atomic E-state index is 11.8. The molecular formula is C10H16N4O2S. The third-order valence-corrected chi connectivity index (χ3v) is 3.02. The van der Waals surface area contributed by atoms with Crippen LogP contribution in [0.1, 0.15) is 37.2 Å². The first-order chi connectivity index (χ1) is 7.86. The van der Waals surface area contributed by atoms with Crippen molar-refractivity contribution in [3.63, 3.8) is 0 Å². The van der Waals surface area contributed by atoms with Crippen LogP contribution in [0.4, 0.5) is 5.13 Å². The van der Waals surface area contributed by atoms with Gasteiger partial charge in [0.15, 0.2) is 5.13 Å². The molecule has 0 aliphatic carbocycles. The summed E-state index contributed by atoms with van der Waals surface area (Å²) in [7, 11) is 0. The zero-order valence-corrected chi connectivity index (χ0v) is 10.6. The Morgan fingerprint density at radius 2 is 2.24 bits per heavy atom. The minimum atomic E-state index is -0.937. The van der Waals surface area contributed by atoms with Crippen molar-refractivity contribution in [2.75, 3.05) is 5.32 Å². The molecule has 1 aromatic heterocycles. The lowest BCUT2D eigenvalue weighted by molar-refractivity contribution is -0.120. The van der Waals surface area contributed by atoms with Gasteiger partial charge >= 0.3 is 0 Å². The van der Waals surface area contributed by atoms with Gasteiger partial charge in [0.1, 0.15) is 5.69 Å². The highest BCUT2D eigenvalue weighted by Crippen LogP contribution is 2.18. The van der Waals surface area contributed by atoms with Crippen molar-refractivity contribution < 1.29 is 9.59 Å². The Bertz CT molecular complexity index is 428. The topological polar surface area (TPSA) is 111 Å². The summed E-state index contributed by atoms with van der Waals surface area (Å²) in [4.78, 5) is 26.5. The van der Waals surface area contributed by atoms with Crippen molar-refractivity contribution in [1.29, 1.82) is 0 Å². The number of primary amides is 1. The van der Waals surface area contributed by atoms with Gasteiger partial charge < -0.3 is 16.8 Å². The maximum Gasteiger partial charge on any atom is 0.268 e. The van der Waals surface area contributed by atoms with Gasteiger partial charge in [-0.3, -0.25) is 9.59 Å². The van der Waals surface area contributed by atoms with Gasteiger partial charge in [-0.05, 0) is 13.3 Å². The van der Waals surface area contributed by atoms with Crippen LogP contribution in [0.3, 0.4) is 0 Å². The van der Waals surface area contributed by atoms with Crippen LogP contribution in [0.25, 0.3) is 0 Å². The standard InChI is InChI=1S/C10H16N4O2S/c1-3-4-10(2,12)8(16)14-9-13-6(5-17-9)7(11)15/h5H,3-4,12H2,1-2H3,(H2,11,15)(H,13,14,16). The first kappa shape index (κ1) is 13.6. The summed E-state index contributed by atoms with van der Waals surface area (Å²) in [5, 5.41) is 4.40. The number of hydrogen-bond donors (Lipinski definition) is 3. The zero-order valence-electron chi connectivity index (χ0n) is 9.82. The lowest BCUT2D eigenvalue weighted by Gasteiger charge is -2.21. The number of carbonyl (C=O) groups is 2. The lowest BCUT2D eigenvalue weighted by Crippen LogP contribution is -2.48. The van der Waals surface area contributed by atoms with Gasteiger partial charge in [-0.2, -0.15) is 0 Å². The van der Waals surface area contributed by atoms with E-state index in [4.69, 9.17) is 11.5 Å².